The van der Waals surface area contributed by atoms with Crippen molar-refractivity contribution in [2.24, 2.45) is 0 Å². The summed E-state index contributed by atoms with van der Waals surface area (Å²) >= 11 is 0. The van der Waals surface area contributed by atoms with Gasteiger partial charge in [0.1, 0.15) is 0 Å². The zero-order valence-electron chi connectivity index (χ0n) is 18.6. The summed E-state index contributed by atoms with van der Waals surface area (Å²) < 4.78 is 0. The molecule has 1 aliphatic carbocycles. The van der Waals surface area contributed by atoms with Gasteiger partial charge in [0.2, 0.25) is 0 Å². The van der Waals surface area contributed by atoms with Crippen molar-refractivity contribution in [2.75, 3.05) is 16.8 Å². The van der Waals surface area contributed by atoms with E-state index in [1.54, 1.807) is 0 Å². The fourth-order valence-electron chi connectivity index (χ4n) is 6.33. The fraction of sp³-hybridized carbons (Fsp3) is 0.357. The molecule has 1 fully saturated rings. The summed E-state index contributed by atoms with van der Waals surface area (Å²) in [6, 6.07) is 25.8. The van der Waals surface area contributed by atoms with Crippen molar-refractivity contribution < 1.29 is 0 Å². The molecule has 0 aromatic heterocycles. The first kappa shape index (κ1) is 19.0. The van der Waals surface area contributed by atoms with Gasteiger partial charge in [0.05, 0.1) is 0 Å². The Hall–Kier alpha value is -2.68. The van der Waals surface area contributed by atoms with Crippen molar-refractivity contribution in [3.05, 3.63) is 66.7 Å². The Bertz CT molecular complexity index is 1100. The Labute approximate surface area is 187 Å². The van der Waals surface area contributed by atoms with Crippen molar-refractivity contribution in [1.29, 1.82) is 0 Å². The summed E-state index contributed by atoms with van der Waals surface area (Å²) in [5.41, 5.74) is 9.98. The summed E-state index contributed by atoms with van der Waals surface area (Å²) in [6.45, 7) is 0.322. The lowest BCUT2D eigenvalue weighted by molar-refractivity contribution is 0.524. The lowest BCUT2D eigenvalue weighted by Gasteiger charge is -2.45. The molecular formula is C28H31BN2. The number of para-hydroxylation sites is 2. The maximum absolute atomic E-state index is 2.73. The monoisotopic (exact) mass is 406 g/mol. The zero-order valence-corrected chi connectivity index (χ0v) is 18.6. The van der Waals surface area contributed by atoms with Gasteiger partial charge in [0.15, 0.2) is 0 Å². The van der Waals surface area contributed by atoms with Crippen LogP contribution in [0.1, 0.15) is 51.4 Å². The molecule has 6 rings (SSSR count). The number of nitrogens with zero attached hydrogens (tertiary/aromatic N) is 2. The predicted octanol–water partition coefficient (Wildman–Crippen LogP) is 5.24. The van der Waals surface area contributed by atoms with E-state index in [2.05, 4.69) is 83.6 Å². The SMILES string of the molecule is CN1c2ccccc2B2c3ccccc3N(C3CCCCCCCC3)c3cccc1c32. The Kier molecular flexibility index (Phi) is 4.78. The molecule has 0 amide bonds. The second-order valence-electron chi connectivity index (χ2n) is 9.54. The van der Waals surface area contributed by atoms with Gasteiger partial charge in [-0.15, -0.1) is 0 Å². The summed E-state index contributed by atoms with van der Waals surface area (Å²) in [4.78, 5) is 5.14. The molecule has 2 heterocycles. The van der Waals surface area contributed by atoms with E-state index in [0.717, 1.165) is 0 Å². The van der Waals surface area contributed by atoms with E-state index < -0.39 is 0 Å². The van der Waals surface area contributed by atoms with Crippen molar-refractivity contribution >= 4 is 45.9 Å². The molecule has 0 bridgehead atoms. The molecule has 2 nitrogen and oxygen atoms in total. The van der Waals surface area contributed by atoms with E-state index in [9.17, 15) is 0 Å². The van der Waals surface area contributed by atoms with E-state index in [-0.39, 0.29) is 0 Å². The molecule has 2 aliphatic heterocycles. The minimum atomic E-state index is 0.322. The lowest BCUT2D eigenvalue weighted by Crippen LogP contribution is -2.62. The van der Waals surface area contributed by atoms with Gasteiger partial charge in [-0.1, -0.05) is 81.0 Å². The third-order valence-corrected chi connectivity index (χ3v) is 7.78. The average molecular weight is 406 g/mol. The summed E-state index contributed by atoms with van der Waals surface area (Å²) in [6.07, 6.45) is 10.9. The highest BCUT2D eigenvalue weighted by atomic mass is 15.2. The first-order valence-corrected chi connectivity index (χ1v) is 12.2. The van der Waals surface area contributed by atoms with Crippen LogP contribution in [-0.4, -0.2) is 19.8 Å². The van der Waals surface area contributed by atoms with E-state index in [4.69, 9.17) is 0 Å². The number of fused-ring (bicyclic) bond motifs is 4. The summed E-state index contributed by atoms with van der Waals surface area (Å²) in [7, 11) is 2.23. The van der Waals surface area contributed by atoms with E-state index in [1.165, 1.54) is 90.5 Å². The molecule has 0 spiro atoms. The standard InChI is InChI=1S/C28H31BN2/c1-30-24-17-10-8-15-22(24)29-23-16-9-11-18-25(23)31(27-20-12-19-26(30)28(27)29)21-13-6-4-2-3-5-7-14-21/h8-12,15-21H,2-7,13-14H2,1H3. The minimum Gasteiger partial charge on any atom is -0.345 e. The van der Waals surface area contributed by atoms with Gasteiger partial charge < -0.3 is 9.80 Å². The molecule has 0 N–H and O–H groups in total. The highest BCUT2D eigenvalue weighted by molar-refractivity contribution is 7.00. The molecule has 3 aromatic rings. The molecular weight excluding hydrogens is 375 g/mol. The third-order valence-electron chi connectivity index (χ3n) is 7.78. The second kappa shape index (κ2) is 7.78. The van der Waals surface area contributed by atoms with Gasteiger partial charge >= 0.3 is 0 Å². The predicted molar refractivity (Wildman–Crippen MR) is 135 cm³/mol. The van der Waals surface area contributed by atoms with Crippen LogP contribution < -0.4 is 26.2 Å². The van der Waals surface area contributed by atoms with Crippen LogP contribution in [0.5, 0.6) is 0 Å². The molecule has 0 unspecified atom stereocenters. The highest BCUT2D eigenvalue weighted by Gasteiger charge is 2.42. The van der Waals surface area contributed by atoms with E-state index >= 15 is 0 Å². The maximum Gasteiger partial charge on any atom is 0.252 e. The average Bonchev–Trinajstić information content (AvgIpc) is 2.95. The molecule has 3 aromatic carbocycles. The number of hydrogen-bond acceptors (Lipinski definition) is 2. The highest BCUT2D eigenvalue weighted by Crippen LogP contribution is 2.39. The van der Waals surface area contributed by atoms with Crippen LogP contribution in [-0.2, 0) is 0 Å². The molecule has 3 aliphatic rings. The minimum absolute atomic E-state index is 0.322. The molecule has 31 heavy (non-hydrogen) atoms. The number of benzene rings is 3. The molecule has 156 valence electrons. The normalized spacial score (nSPS) is 18.4. The molecule has 0 saturated heterocycles. The smallest absolute Gasteiger partial charge is 0.252 e. The Morgan fingerprint density at radius 3 is 1.90 bits per heavy atom. The molecule has 0 atom stereocenters. The van der Waals surface area contributed by atoms with Crippen LogP contribution in [0.3, 0.4) is 0 Å². The van der Waals surface area contributed by atoms with Crippen molar-refractivity contribution in [3.8, 4) is 0 Å². The van der Waals surface area contributed by atoms with Crippen LogP contribution in [0.2, 0.25) is 0 Å². The van der Waals surface area contributed by atoms with Crippen molar-refractivity contribution in [1.82, 2.24) is 0 Å². The number of rotatable bonds is 1. The molecule has 3 heteroatoms. The molecule has 0 radical (unpaired) electrons. The van der Waals surface area contributed by atoms with Gasteiger partial charge in [0, 0.05) is 35.8 Å². The quantitative estimate of drug-likeness (QED) is 0.510. The number of hydrogen-bond donors (Lipinski definition) is 0. The largest absolute Gasteiger partial charge is 0.345 e. The van der Waals surface area contributed by atoms with Gasteiger partial charge in [-0.2, -0.15) is 0 Å². The second-order valence-corrected chi connectivity index (χ2v) is 9.54. The van der Waals surface area contributed by atoms with Crippen LogP contribution in [0, 0.1) is 0 Å². The van der Waals surface area contributed by atoms with Gasteiger partial charge in [-0.25, -0.2) is 0 Å². The summed E-state index contributed by atoms with van der Waals surface area (Å²) in [5.74, 6) is 0. The van der Waals surface area contributed by atoms with E-state index in [1.807, 2.05) is 0 Å². The number of anilines is 4. The van der Waals surface area contributed by atoms with Crippen LogP contribution >= 0.6 is 0 Å². The van der Waals surface area contributed by atoms with E-state index in [0.29, 0.717) is 12.8 Å². The maximum atomic E-state index is 2.73. The third kappa shape index (κ3) is 3.01. The summed E-state index contributed by atoms with van der Waals surface area (Å²) in [5, 5.41) is 0. The first-order chi connectivity index (χ1) is 15.3. The topological polar surface area (TPSA) is 6.48 Å². The van der Waals surface area contributed by atoms with Crippen LogP contribution in [0.15, 0.2) is 66.7 Å². The van der Waals surface area contributed by atoms with Crippen molar-refractivity contribution in [3.63, 3.8) is 0 Å². The Morgan fingerprint density at radius 2 is 1.16 bits per heavy atom. The molecule has 1 saturated carbocycles. The van der Waals surface area contributed by atoms with Crippen LogP contribution in [0.25, 0.3) is 0 Å². The fourth-order valence-corrected chi connectivity index (χ4v) is 6.33. The Balaban J connectivity index is 1.56. The first-order valence-electron chi connectivity index (χ1n) is 12.2. The lowest BCUT2D eigenvalue weighted by atomic mass is 9.33. The van der Waals surface area contributed by atoms with Gasteiger partial charge in [-0.3, -0.25) is 0 Å². The van der Waals surface area contributed by atoms with Gasteiger partial charge in [-0.05, 0) is 53.5 Å². The van der Waals surface area contributed by atoms with Crippen molar-refractivity contribution in [2.45, 2.75) is 57.4 Å². The van der Waals surface area contributed by atoms with Crippen LogP contribution in [0.4, 0.5) is 22.7 Å². The van der Waals surface area contributed by atoms with Gasteiger partial charge in [0.25, 0.3) is 6.71 Å². The zero-order chi connectivity index (χ0) is 20.8. The Morgan fingerprint density at radius 1 is 0.613 bits per heavy atom.